The van der Waals surface area contributed by atoms with Crippen molar-refractivity contribution < 1.29 is 26.4 Å². The summed E-state index contributed by atoms with van der Waals surface area (Å²) in [5.41, 5.74) is 4.17. The molecular formula is C26H39NNiO2P-. The molecule has 0 heterocycles. The summed E-state index contributed by atoms with van der Waals surface area (Å²) in [5.74, 6) is 0.363. The molecule has 0 saturated heterocycles. The molecule has 0 aliphatic rings. The Morgan fingerprint density at radius 2 is 1.35 bits per heavy atom. The number of aliphatic hydroxyl groups excluding tert-OH is 1. The zero-order valence-corrected chi connectivity index (χ0v) is 22.1. The molecule has 0 bridgehead atoms. The number of carbonyl (C=O) groups is 1. The second kappa shape index (κ2) is 16.9. The molecule has 1 amide bonds. The number of hydrogen-bond acceptors (Lipinski definition) is 2. The van der Waals surface area contributed by atoms with Crippen molar-refractivity contribution in [3.05, 3.63) is 84.0 Å². The van der Waals surface area contributed by atoms with Crippen LogP contribution < -0.4 is 5.32 Å². The molecule has 0 fully saturated rings. The Labute approximate surface area is 201 Å². The summed E-state index contributed by atoms with van der Waals surface area (Å²) >= 11 is 0. The van der Waals surface area contributed by atoms with Gasteiger partial charge in [-0.2, -0.15) is 24.6 Å². The van der Waals surface area contributed by atoms with Crippen LogP contribution in [-0.2, 0) is 21.3 Å². The summed E-state index contributed by atoms with van der Waals surface area (Å²) in [5, 5.41) is 12.1. The number of nitrogens with one attached hydrogen (secondary N) is 1. The van der Waals surface area contributed by atoms with Gasteiger partial charge in [-0.1, -0.05) is 52.0 Å². The summed E-state index contributed by atoms with van der Waals surface area (Å²) in [6.45, 7) is 20.3. The molecule has 0 aromatic heterocycles. The number of anilines is 1. The second-order valence-electron chi connectivity index (χ2n) is 8.22. The fourth-order valence-corrected chi connectivity index (χ4v) is 2.52. The number of allylic oxidation sites excluding steroid dienone is 1. The molecule has 31 heavy (non-hydrogen) atoms. The molecule has 176 valence electrons. The van der Waals surface area contributed by atoms with Gasteiger partial charge in [0.25, 0.3) is 5.91 Å². The van der Waals surface area contributed by atoms with Crippen molar-refractivity contribution in [2.45, 2.75) is 46.5 Å². The van der Waals surface area contributed by atoms with Gasteiger partial charge in [-0.25, -0.2) is 0 Å². The maximum absolute atomic E-state index is 11.8. The van der Waals surface area contributed by atoms with Crippen LogP contribution >= 0.6 is 7.92 Å². The van der Waals surface area contributed by atoms with E-state index in [1.54, 1.807) is 0 Å². The van der Waals surface area contributed by atoms with E-state index in [0.717, 1.165) is 22.4 Å². The Hall–Kier alpha value is -1.76. The molecule has 0 unspecified atom stereocenters. The van der Waals surface area contributed by atoms with E-state index in [-0.39, 0.29) is 28.2 Å². The van der Waals surface area contributed by atoms with Gasteiger partial charge in [-0.15, -0.1) is 20.1 Å². The number of amides is 1. The van der Waals surface area contributed by atoms with Crippen molar-refractivity contribution in [2.24, 2.45) is 0 Å². The Kier molecular flexibility index (Phi) is 17.1. The molecule has 0 aliphatic heterocycles. The summed E-state index contributed by atoms with van der Waals surface area (Å²) in [4.78, 5) is 11.8. The summed E-state index contributed by atoms with van der Waals surface area (Å²) in [6, 6.07) is 16.0. The number of hydrogen-bond donors (Lipinski definition) is 2. The summed E-state index contributed by atoms with van der Waals surface area (Å²) in [6.07, 6.45) is 1.20. The monoisotopic (exact) mass is 486 g/mol. The molecule has 0 spiro atoms. The van der Waals surface area contributed by atoms with E-state index in [0.29, 0.717) is 19.8 Å². The van der Waals surface area contributed by atoms with E-state index >= 15 is 0 Å². The van der Waals surface area contributed by atoms with Gasteiger partial charge < -0.3 is 10.4 Å². The molecule has 0 saturated carbocycles. The number of carbonyl (C=O) groups excluding carboxylic acids is 1. The molecule has 3 nitrogen and oxygen atoms in total. The van der Waals surface area contributed by atoms with Gasteiger partial charge in [0.15, 0.2) is 0 Å². The number of benzene rings is 2. The molecule has 2 N–H and O–H groups in total. The normalized spacial score (nSPS) is 10.5. The maximum Gasteiger partial charge on any atom is 0.251 e. The van der Waals surface area contributed by atoms with E-state index in [1.165, 1.54) is 13.0 Å². The van der Waals surface area contributed by atoms with Gasteiger partial charge in [0.2, 0.25) is 0 Å². The summed E-state index contributed by atoms with van der Waals surface area (Å²) < 4.78 is 0. The van der Waals surface area contributed by atoms with Crippen LogP contribution in [0.4, 0.5) is 5.69 Å². The average molecular weight is 487 g/mol. The van der Waals surface area contributed by atoms with Gasteiger partial charge in [-0.3, -0.25) is 4.79 Å². The average Bonchev–Trinajstić information content (AvgIpc) is 2.61. The predicted molar refractivity (Wildman–Crippen MR) is 135 cm³/mol. The minimum atomic E-state index is -0.296. The van der Waals surface area contributed by atoms with Crippen LogP contribution in [0.25, 0.3) is 0 Å². The SMILES string of the molecule is C/C(O)=C/C(=O)Nc1c(C(C)C)cccc1C(C)C.CP(C)C.[CH2-]c1ccccc1.[Ni]. The zero-order chi connectivity index (χ0) is 23.3. The standard InChI is InChI=1S/C16H23NO2.C7H7.C3H9P.Ni/c1-10(2)13-7-6-8-14(11(3)4)16(13)17-15(19)9-12(5)18;1-7-5-3-2-4-6-7;1-4(2)3;/h6-11,18H,1-5H3,(H,17,19);2-6H,1H2;1-3H3;/q;-1;;/b12-9-;;;. The number of aliphatic hydroxyl groups is 1. The smallest absolute Gasteiger partial charge is 0.251 e. The first-order chi connectivity index (χ1) is 14.0. The molecule has 5 heteroatoms. The first kappa shape index (κ1) is 31.4. The Morgan fingerprint density at radius 1 is 0.935 bits per heavy atom. The Balaban J connectivity index is 0. The number of para-hydroxylation sites is 1. The third-order valence-electron chi connectivity index (χ3n) is 3.80. The topological polar surface area (TPSA) is 49.3 Å². The third-order valence-corrected chi connectivity index (χ3v) is 3.80. The van der Waals surface area contributed by atoms with Crippen molar-refractivity contribution in [1.29, 1.82) is 0 Å². The fourth-order valence-electron chi connectivity index (χ4n) is 2.52. The molecule has 0 aliphatic carbocycles. The van der Waals surface area contributed by atoms with Crippen LogP contribution in [0.15, 0.2) is 60.4 Å². The van der Waals surface area contributed by atoms with Crippen molar-refractivity contribution in [1.82, 2.24) is 0 Å². The van der Waals surface area contributed by atoms with Crippen LogP contribution in [0.1, 0.15) is 63.1 Å². The van der Waals surface area contributed by atoms with E-state index in [1.807, 2.05) is 48.5 Å². The van der Waals surface area contributed by atoms with Crippen molar-refractivity contribution in [3.63, 3.8) is 0 Å². The largest absolute Gasteiger partial charge is 0.512 e. The minimum absolute atomic E-state index is 0. The maximum atomic E-state index is 11.8. The van der Waals surface area contributed by atoms with Crippen molar-refractivity contribution >= 4 is 19.5 Å². The first-order valence-electron chi connectivity index (χ1n) is 10.2. The first-order valence-corrected chi connectivity index (χ1v) is 12.9. The van der Waals surface area contributed by atoms with E-state index in [4.69, 9.17) is 5.11 Å². The van der Waals surface area contributed by atoms with E-state index in [2.05, 4.69) is 59.9 Å². The van der Waals surface area contributed by atoms with Gasteiger partial charge >= 0.3 is 0 Å². The van der Waals surface area contributed by atoms with Crippen LogP contribution in [0.5, 0.6) is 0 Å². The third kappa shape index (κ3) is 14.8. The molecule has 0 atom stereocenters. The quantitative estimate of drug-likeness (QED) is 0.154. The van der Waals surface area contributed by atoms with Crippen molar-refractivity contribution in [2.75, 3.05) is 25.3 Å². The van der Waals surface area contributed by atoms with Crippen LogP contribution in [0, 0.1) is 6.92 Å². The predicted octanol–water partition coefficient (Wildman–Crippen LogP) is 7.56. The van der Waals surface area contributed by atoms with E-state index < -0.39 is 0 Å². The van der Waals surface area contributed by atoms with Crippen LogP contribution in [0.3, 0.4) is 0 Å². The molecule has 2 aromatic rings. The van der Waals surface area contributed by atoms with Gasteiger partial charge in [0.1, 0.15) is 0 Å². The van der Waals surface area contributed by atoms with Gasteiger partial charge in [0.05, 0.1) is 5.76 Å². The summed E-state index contributed by atoms with van der Waals surface area (Å²) in [7, 11) is 0.380. The molecule has 2 aromatic carbocycles. The zero-order valence-electron chi connectivity index (χ0n) is 20.2. The Morgan fingerprint density at radius 3 is 1.65 bits per heavy atom. The molecular weight excluding hydrogens is 448 g/mol. The second-order valence-corrected chi connectivity index (χ2v) is 10.9. The number of rotatable bonds is 4. The van der Waals surface area contributed by atoms with Crippen molar-refractivity contribution in [3.8, 4) is 0 Å². The molecule has 2 rings (SSSR count). The van der Waals surface area contributed by atoms with E-state index in [9.17, 15) is 4.79 Å². The fraction of sp³-hybridized carbons (Fsp3) is 0.385. The van der Waals surface area contributed by atoms with Gasteiger partial charge in [0, 0.05) is 28.3 Å². The van der Waals surface area contributed by atoms with Crippen LogP contribution in [-0.4, -0.2) is 31.0 Å². The molecule has 0 radical (unpaired) electrons. The van der Waals surface area contributed by atoms with Crippen LogP contribution in [0.2, 0.25) is 0 Å². The Bertz CT molecular complexity index is 754. The minimum Gasteiger partial charge on any atom is -0.512 e. The van der Waals surface area contributed by atoms with Gasteiger partial charge in [-0.05, 0) is 49.9 Å².